The fourth-order valence-corrected chi connectivity index (χ4v) is 1.92. The van der Waals surface area contributed by atoms with Crippen molar-refractivity contribution in [3.8, 4) is 0 Å². The number of carbonyl (C=O) groups excluding carboxylic acids is 1. The van der Waals surface area contributed by atoms with E-state index in [1.54, 1.807) is 18.7 Å². The zero-order valence-electron chi connectivity index (χ0n) is 13.1. The number of ether oxygens (including phenoxy) is 2. The summed E-state index contributed by atoms with van der Waals surface area (Å²) in [5.74, 6) is -0.171. The van der Waals surface area contributed by atoms with Crippen molar-refractivity contribution in [2.24, 2.45) is 0 Å². The van der Waals surface area contributed by atoms with E-state index in [0.717, 1.165) is 12.8 Å². The number of unbranched alkanes of at least 4 members (excludes halogenated alkanes) is 1. The van der Waals surface area contributed by atoms with E-state index in [1.807, 2.05) is 6.92 Å². The SMILES string of the molecule is CCn1nc(C)c(N)c1C(=O)NCCCCOCCOC. The van der Waals surface area contributed by atoms with Crippen LogP contribution in [0.5, 0.6) is 0 Å². The molecule has 0 saturated heterocycles. The van der Waals surface area contributed by atoms with Gasteiger partial charge in [0.05, 0.1) is 24.6 Å². The molecule has 0 saturated carbocycles. The third-order valence-electron chi connectivity index (χ3n) is 3.12. The summed E-state index contributed by atoms with van der Waals surface area (Å²) in [5.41, 5.74) is 7.50. The van der Waals surface area contributed by atoms with E-state index < -0.39 is 0 Å². The third-order valence-corrected chi connectivity index (χ3v) is 3.12. The normalized spacial score (nSPS) is 10.8. The molecule has 1 rings (SSSR count). The molecule has 3 N–H and O–H groups in total. The predicted molar refractivity (Wildman–Crippen MR) is 81.3 cm³/mol. The molecule has 0 aliphatic heterocycles. The highest BCUT2D eigenvalue weighted by atomic mass is 16.5. The molecule has 0 radical (unpaired) electrons. The number of amides is 1. The topological polar surface area (TPSA) is 91.4 Å². The number of nitrogens with one attached hydrogen (secondary N) is 1. The minimum Gasteiger partial charge on any atom is -0.395 e. The molecule has 0 fully saturated rings. The van der Waals surface area contributed by atoms with Crippen LogP contribution in [0.25, 0.3) is 0 Å². The Hall–Kier alpha value is -1.60. The van der Waals surface area contributed by atoms with Crippen LogP contribution in [0, 0.1) is 6.92 Å². The predicted octanol–water partition coefficient (Wildman–Crippen LogP) is 0.967. The number of aromatic nitrogens is 2. The molecule has 0 aromatic carbocycles. The fraction of sp³-hybridized carbons (Fsp3) is 0.714. The highest BCUT2D eigenvalue weighted by Crippen LogP contribution is 2.16. The van der Waals surface area contributed by atoms with Crippen LogP contribution < -0.4 is 11.1 Å². The molecule has 1 aromatic heterocycles. The lowest BCUT2D eigenvalue weighted by molar-refractivity contribution is 0.0686. The van der Waals surface area contributed by atoms with E-state index >= 15 is 0 Å². The minimum atomic E-state index is -0.171. The van der Waals surface area contributed by atoms with Gasteiger partial charge in [0.2, 0.25) is 0 Å². The minimum absolute atomic E-state index is 0.171. The highest BCUT2D eigenvalue weighted by Gasteiger charge is 2.18. The van der Waals surface area contributed by atoms with Crippen molar-refractivity contribution >= 4 is 11.6 Å². The van der Waals surface area contributed by atoms with Gasteiger partial charge in [0.15, 0.2) is 0 Å². The van der Waals surface area contributed by atoms with Crippen LogP contribution in [0.4, 0.5) is 5.69 Å². The summed E-state index contributed by atoms with van der Waals surface area (Å²) in [6.07, 6.45) is 1.75. The molecule has 7 heteroatoms. The van der Waals surface area contributed by atoms with Crippen molar-refractivity contribution < 1.29 is 14.3 Å². The highest BCUT2D eigenvalue weighted by molar-refractivity contribution is 5.97. The summed E-state index contributed by atoms with van der Waals surface area (Å²) < 4.78 is 11.9. The fourth-order valence-electron chi connectivity index (χ4n) is 1.92. The summed E-state index contributed by atoms with van der Waals surface area (Å²) in [6.45, 7) is 6.84. The van der Waals surface area contributed by atoms with E-state index in [1.165, 1.54) is 0 Å². The second-order valence-electron chi connectivity index (χ2n) is 4.73. The van der Waals surface area contributed by atoms with Gasteiger partial charge >= 0.3 is 0 Å². The monoisotopic (exact) mass is 298 g/mol. The molecule has 0 spiro atoms. The second-order valence-corrected chi connectivity index (χ2v) is 4.73. The van der Waals surface area contributed by atoms with Crippen molar-refractivity contribution in [1.29, 1.82) is 0 Å². The van der Waals surface area contributed by atoms with Gasteiger partial charge in [0, 0.05) is 26.8 Å². The summed E-state index contributed by atoms with van der Waals surface area (Å²) in [7, 11) is 1.65. The van der Waals surface area contributed by atoms with E-state index in [9.17, 15) is 4.79 Å². The van der Waals surface area contributed by atoms with Gasteiger partial charge in [0.25, 0.3) is 5.91 Å². The molecule has 0 aliphatic rings. The van der Waals surface area contributed by atoms with Crippen LogP contribution in [0.2, 0.25) is 0 Å². The molecule has 0 aliphatic carbocycles. The van der Waals surface area contributed by atoms with Crippen LogP contribution in [0.15, 0.2) is 0 Å². The average Bonchev–Trinajstić information content (AvgIpc) is 2.77. The first-order valence-corrected chi connectivity index (χ1v) is 7.29. The number of rotatable bonds is 10. The average molecular weight is 298 g/mol. The maximum atomic E-state index is 12.1. The first-order valence-electron chi connectivity index (χ1n) is 7.29. The Labute approximate surface area is 125 Å². The van der Waals surface area contributed by atoms with Gasteiger partial charge in [0.1, 0.15) is 5.69 Å². The first-order chi connectivity index (χ1) is 10.1. The summed E-state index contributed by atoms with van der Waals surface area (Å²) in [4.78, 5) is 12.1. The van der Waals surface area contributed by atoms with Crippen molar-refractivity contribution in [1.82, 2.24) is 15.1 Å². The van der Waals surface area contributed by atoms with Crippen molar-refractivity contribution in [3.63, 3.8) is 0 Å². The van der Waals surface area contributed by atoms with E-state index in [2.05, 4.69) is 10.4 Å². The van der Waals surface area contributed by atoms with Gasteiger partial charge in [-0.25, -0.2) is 0 Å². The zero-order valence-corrected chi connectivity index (χ0v) is 13.1. The number of hydrogen-bond acceptors (Lipinski definition) is 5. The standard InChI is InChI=1S/C14H26N4O3/c1-4-18-13(12(15)11(2)17-18)14(19)16-7-5-6-8-21-10-9-20-3/h4-10,15H2,1-3H3,(H,16,19). The van der Waals surface area contributed by atoms with Crippen molar-refractivity contribution in [2.75, 3.05) is 39.2 Å². The number of carbonyl (C=O) groups is 1. The van der Waals surface area contributed by atoms with E-state index in [-0.39, 0.29) is 5.91 Å². The van der Waals surface area contributed by atoms with Crippen LogP contribution in [0.3, 0.4) is 0 Å². The van der Waals surface area contributed by atoms with Gasteiger partial charge in [-0.2, -0.15) is 5.10 Å². The molecule has 120 valence electrons. The molecule has 0 bridgehead atoms. The summed E-state index contributed by atoms with van der Waals surface area (Å²) in [5, 5.41) is 7.10. The quantitative estimate of drug-likeness (QED) is 0.628. The Bertz CT molecular complexity index is 446. The van der Waals surface area contributed by atoms with Gasteiger partial charge in [-0.3, -0.25) is 9.48 Å². The Morgan fingerprint density at radius 3 is 2.76 bits per heavy atom. The van der Waals surface area contributed by atoms with Crippen LogP contribution in [-0.4, -0.2) is 49.2 Å². The largest absolute Gasteiger partial charge is 0.395 e. The number of aryl methyl sites for hydroxylation is 2. The number of nitrogen functional groups attached to an aromatic ring is 1. The molecule has 7 nitrogen and oxygen atoms in total. The Balaban J connectivity index is 2.28. The molecule has 1 aromatic rings. The van der Waals surface area contributed by atoms with Gasteiger partial charge in [-0.05, 0) is 26.7 Å². The maximum absolute atomic E-state index is 12.1. The maximum Gasteiger partial charge on any atom is 0.271 e. The lowest BCUT2D eigenvalue weighted by atomic mass is 10.2. The molecule has 0 unspecified atom stereocenters. The number of hydrogen-bond donors (Lipinski definition) is 2. The molecule has 1 amide bonds. The Morgan fingerprint density at radius 2 is 2.10 bits per heavy atom. The van der Waals surface area contributed by atoms with Crippen molar-refractivity contribution in [2.45, 2.75) is 33.2 Å². The van der Waals surface area contributed by atoms with Crippen molar-refractivity contribution in [3.05, 3.63) is 11.4 Å². The third kappa shape index (κ3) is 5.35. The summed E-state index contributed by atoms with van der Waals surface area (Å²) >= 11 is 0. The lowest BCUT2D eigenvalue weighted by Crippen LogP contribution is -2.28. The van der Waals surface area contributed by atoms with E-state index in [4.69, 9.17) is 15.2 Å². The molecule has 0 atom stereocenters. The molecular formula is C14H26N4O3. The number of methoxy groups -OCH3 is 1. The smallest absolute Gasteiger partial charge is 0.271 e. The first kappa shape index (κ1) is 17.5. The number of nitrogens with two attached hydrogens (primary N) is 1. The van der Waals surface area contributed by atoms with Gasteiger partial charge in [-0.15, -0.1) is 0 Å². The Kier molecular flexibility index (Phi) is 7.78. The van der Waals surface area contributed by atoms with E-state index in [0.29, 0.717) is 50.0 Å². The zero-order chi connectivity index (χ0) is 15.7. The number of anilines is 1. The number of nitrogens with zero attached hydrogens (tertiary/aromatic N) is 2. The lowest BCUT2D eigenvalue weighted by Gasteiger charge is -2.08. The van der Waals surface area contributed by atoms with Gasteiger partial charge < -0.3 is 20.5 Å². The molecular weight excluding hydrogens is 272 g/mol. The molecule has 1 heterocycles. The molecule has 21 heavy (non-hydrogen) atoms. The van der Waals surface area contributed by atoms with Gasteiger partial charge in [-0.1, -0.05) is 0 Å². The second kappa shape index (κ2) is 9.36. The summed E-state index contributed by atoms with van der Waals surface area (Å²) in [6, 6.07) is 0. The van der Waals surface area contributed by atoms with Crippen LogP contribution in [0.1, 0.15) is 35.9 Å². The van der Waals surface area contributed by atoms with Crippen LogP contribution >= 0.6 is 0 Å². The van der Waals surface area contributed by atoms with Crippen LogP contribution in [-0.2, 0) is 16.0 Å². The Morgan fingerprint density at radius 1 is 1.33 bits per heavy atom.